The number of halogens is 1. The normalized spacial score (nSPS) is 15.7. The fourth-order valence-electron chi connectivity index (χ4n) is 3.26. The SMILES string of the molecule is CCOC(=O)C1=C(C)NC(SCC(=O)Nc2ccc(C)c(C)c2)=N[C@@H]1c1cccc(Br)c1. The van der Waals surface area contributed by atoms with Gasteiger partial charge >= 0.3 is 5.97 Å². The number of ether oxygens (including phenoxy) is 1. The van der Waals surface area contributed by atoms with E-state index in [4.69, 9.17) is 9.73 Å². The highest BCUT2D eigenvalue weighted by Crippen LogP contribution is 2.34. The van der Waals surface area contributed by atoms with E-state index < -0.39 is 12.0 Å². The molecule has 0 spiro atoms. The van der Waals surface area contributed by atoms with Crippen LogP contribution in [0, 0.1) is 13.8 Å². The van der Waals surface area contributed by atoms with Gasteiger partial charge in [-0.3, -0.25) is 4.79 Å². The summed E-state index contributed by atoms with van der Waals surface area (Å²) in [5.41, 5.74) is 5.06. The topological polar surface area (TPSA) is 79.8 Å². The van der Waals surface area contributed by atoms with Gasteiger partial charge in [0.05, 0.1) is 17.9 Å². The number of esters is 1. The minimum Gasteiger partial charge on any atom is -0.463 e. The van der Waals surface area contributed by atoms with Crippen LogP contribution in [0.25, 0.3) is 0 Å². The van der Waals surface area contributed by atoms with E-state index in [9.17, 15) is 9.59 Å². The van der Waals surface area contributed by atoms with Gasteiger partial charge in [0.1, 0.15) is 6.04 Å². The molecule has 3 rings (SSSR count). The number of hydrogen-bond acceptors (Lipinski definition) is 6. The lowest BCUT2D eigenvalue weighted by Crippen LogP contribution is -2.31. The molecule has 168 valence electrons. The van der Waals surface area contributed by atoms with Crippen molar-refractivity contribution >= 4 is 50.4 Å². The molecule has 0 unspecified atom stereocenters. The number of anilines is 1. The number of thioether (sulfide) groups is 1. The Morgan fingerprint density at radius 3 is 2.62 bits per heavy atom. The molecule has 32 heavy (non-hydrogen) atoms. The van der Waals surface area contributed by atoms with Gasteiger partial charge in [-0.05, 0) is 68.7 Å². The number of aryl methyl sites for hydroxylation is 2. The second-order valence-electron chi connectivity index (χ2n) is 7.41. The molecule has 2 aromatic carbocycles. The molecule has 1 aliphatic rings. The molecule has 6 nitrogen and oxygen atoms in total. The summed E-state index contributed by atoms with van der Waals surface area (Å²) in [6.07, 6.45) is 0. The third kappa shape index (κ3) is 6.01. The molecule has 1 aliphatic heterocycles. The molecular formula is C24H26BrN3O3S. The van der Waals surface area contributed by atoms with Crippen LogP contribution in [-0.2, 0) is 14.3 Å². The first-order valence-corrected chi connectivity index (χ1v) is 12.0. The number of amidine groups is 1. The number of carbonyl (C=O) groups is 2. The van der Waals surface area contributed by atoms with Crippen LogP contribution in [0.3, 0.4) is 0 Å². The third-order valence-corrected chi connectivity index (χ3v) is 6.39. The maximum atomic E-state index is 12.6. The Kier molecular flexibility index (Phi) is 8.15. The van der Waals surface area contributed by atoms with Crippen LogP contribution >= 0.6 is 27.7 Å². The molecule has 1 atom stereocenters. The third-order valence-electron chi connectivity index (χ3n) is 5.01. The lowest BCUT2D eigenvalue weighted by molar-refractivity contribution is -0.139. The molecular weight excluding hydrogens is 490 g/mol. The molecule has 0 saturated heterocycles. The number of benzene rings is 2. The summed E-state index contributed by atoms with van der Waals surface area (Å²) in [6, 6.07) is 13.0. The molecule has 0 bridgehead atoms. The fraction of sp³-hybridized carbons (Fsp3) is 0.292. The molecule has 1 amide bonds. The van der Waals surface area contributed by atoms with Crippen molar-refractivity contribution in [2.45, 2.75) is 33.7 Å². The van der Waals surface area contributed by atoms with Gasteiger partial charge in [-0.2, -0.15) is 0 Å². The lowest BCUT2D eigenvalue weighted by Gasteiger charge is -2.25. The lowest BCUT2D eigenvalue weighted by atomic mass is 9.97. The monoisotopic (exact) mass is 515 g/mol. The van der Waals surface area contributed by atoms with Gasteiger partial charge in [0.15, 0.2) is 5.17 Å². The van der Waals surface area contributed by atoms with Gasteiger partial charge in [-0.25, -0.2) is 9.79 Å². The first kappa shape index (κ1) is 24.1. The van der Waals surface area contributed by atoms with Crippen LogP contribution in [0.1, 0.15) is 36.6 Å². The minimum absolute atomic E-state index is 0.125. The highest BCUT2D eigenvalue weighted by Gasteiger charge is 2.30. The van der Waals surface area contributed by atoms with Gasteiger partial charge in [-0.15, -0.1) is 0 Å². The van der Waals surface area contributed by atoms with Crippen molar-refractivity contribution in [3.8, 4) is 0 Å². The van der Waals surface area contributed by atoms with E-state index >= 15 is 0 Å². The van der Waals surface area contributed by atoms with E-state index in [2.05, 4.69) is 26.6 Å². The zero-order valence-electron chi connectivity index (χ0n) is 18.5. The standard InChI is InChI=1S/C24H26BrN3O3S/c1-5-31-23(30)21-16(4)26-24(28-22(21)17-7-6-8-18(25)12-17)32-13-20(29)27-19-10-9-14(2)15(3)11-19/h6-12,22H,5,13H2,1-4H3,(H,26,28)(H,27,29)/t22-/m1/s1. The molecule has 0 radical (unpaired) electrons. The van der Waals surface area contributed by atoms with Crippen LogP contribution < -0.4 is 10.6 Å². The summed E-state index contributed by atoms with van der Waals surface area (Å²) in [5, 5.41) is 6.66. The van der Waals surface area contributed by atoms with Gasteiger partial charge < -0.3 is 15.4 Å². The number of nitrogens with zero attached hydrogens (tertiary/aromatic N) is 1. The quantitative estimate of drug-likeness (QED) is 0.511. The van der Waals surface area contributed by atoms with Crippen LogP contribution in [-0.4, -0.2) is 29.4 Å². The summed E-state index contributed by atoms with van der Waals surface area (Å²) in [7, 11) is 0. The van der Waals surface area contributed by atoms with Crippen molar-refractivity contribution in [2.75, 3.05) is 17.7 Å². The highest BCUT2D eigenvalue weighted by molar-refractivity contribution is 9.10. The summed E-state index contributed by atoms with van der Waals surface area (Å²) in [4.78, 5) is 29.9. The molecule has 0 aliphatic carbocycles. The molecule has 0 aromatic heterocycles. The van der Waals surface area contributed by atoms with Crippen molar-refractivity contribution in [2.24, 2.45) is 4.99 Å². The van der Waals surface area contributed by atoms with E-state index in [1.807, 2.05) is 63.2 Å². The van der Waals surface area contributed by atoms with E-state index in [-0.39, 0.29) is 18.3 Å². The van der Waals surface area contributed by atoms with Crippen molar-refractivity contribution in [1.29, 1.82) is 0 Å². The van der Waals surface area contributed by atoms with Crippen LogP contribution in [0.5, 0.6) is 0 Å². The highest BCUT2D eigenvalue weighted by atomic mass is 79.9. The fourth-order valence-corrected chi connectivity index (χ4v) is 4.42. The van der Waals surface area contributed by atoms with Gasteiger partial charge in [0.25, 0.3) is 0 Å². The second-order valence-corrected chi connectivity index (χ2v) is 9.29. The van der Waals surface area contributed by atoms with Crippen molar-refractivity contribution in [1.82, 2.24) is 5.32 Å². The van der Waals surface area contributed by atoms with E-state index in [0.29, 0.717) is 16.4 Å². The maximum Gasteiger partial charge on any atom is 0.338 e. The molecule has 0 saturated carbocycles. The number of amides is 1. The molecule has 1 heterocycles. The predicted molar refractivity (Wildman–Crippen MR) is 134 cm³/mol. The first-order valence-electron chi connectivity index (χ1n) is 10.3. The maximum absolute atomic E-state index is 12.6. The number of allylic oxidation sites excluding steroid dienone is 1. The average Bonchev–Trinajstić information content (AvgIpc) is 2.74. The Morgan fingerprint density at radius 1 is 1.16 bits per heavy atom. The van der Waals surface area contributed by atoms with Crippen LogP contribution in [0.2, 0.25) is 0 Å². The summed E-state index contributed by atoms with van der Waals surface area (Å²) in [5.74, 6) is -0.339. The smallest absolute Gasteiger partial charge is 0.338 e. The summed E-state index contributed by atoms with van der Waals surface area (Å²) >= 11 is 4.78. The van der Waals surface area contributed by atoms with E-state index in [1.54, 1.807) is 6.92 Å². The number of rotatable bonds is 6. The average molecular weight is 516 g/mol. The molecule has 0 fully saturated rings. The largest absolute Gasteiger partial charge is 0.463 e. The Bertz CT molecular complexity index is 1100. The number of nitrogens with one attached hydrogen (secondary N) is 2. The zero-order chi connectivity index (χ0) is 23.3. The van der Waals surface area contributed by atoms with Crippen molar-refractivity contribution < 1.29 is 14.3 Å². The Morgan fingerprint density at radius 2 is 1.94 bits per heavy atom. The van der Waals surface area contributed by atoms with Crippen molar-refractivity contribution in [3.63, 3.8) is 0 Å². The first-order chi connectivity index (χ1) is 15.3. The van der Waals surface area contributed by atoms with Gasteiger partial charge in [0, 0.05) is 15.9 Å². The van der Waals surface area contributed by atoms with E-state index in [0.717, 1.165) is 21.3 Å². The zero-order valence-corrected chi connectivity index (χ0v) is 20.9. The van der Waals surface area contributed by atoms with E-state index in [1.165, 1.54) is 17.3 Å². The Labute approximate surface area is 201 Å². The molecule has 8 heteroatoms. The number of aliphatic imine (C=N–C) groups is 1. The van der Waals surface area contributed by atoms with Gasteiger partial charge in [-0.1, -0.05) is 45.9 Å². The predicted octanol–water partition coefficient (Wildman–Crippen LogP) is 5.28. The van der Waals surface area contributed by atoms with Crippen LogP contribution in [0.4, 0.5) is 5.69 Å². The number of hydrogen-bond donors (Lipinski definition) is 2. The minimum atomic E-state index is -0.516. The van der Waals surface area contributed by atoms with Crippen LogP contribution in [0.15, 0.2) is 63.2 Å². The van der Waals surface area contributed by atoms with Gasteiger partial charge in [0.2, 0.25) is 5.91 Å². The number of carbonyl (C=O) groups excluding carboxylic acids is 2. The molecule has 2 aromatic rings. The van der Waals surface area contributed by atoms with Crippen molar-refractivity contribution in [3.05, 3.63) is 74.9 Å². The summed E-state index contributed by atoms with van der Waals surface area (Å²) in [6.45, 7) is 7.92. The Hall–Kier alpha value is -2.58. The second kappa shape index (κ2) is 10.8. The Balaban J connectivity index is 1.76. The molecule has 2 N–H and O–H groups in total. The summed E-state index contributed by atoms with van der Waals surface area (Å²) < 4.78 is 6.16.